The molecule has 112 valence electrons. The Morgan fingerprint density at radius 1 is 1.38 bits per heavy atom. The molecule has 0 aromatic heterocycles. The molecule has 0 bridgehead atoms. The van der Waals surface area contributed by atoms with E-state index in [-0.39, 0.29) is 24.6 Å². The van der Waals surface area contributed by atoms with Crippen LogP contribution in [0.4, 0.5) is 0 Å². The maximum absolute atomic E-state index is 12.2. The molecule has 2 amide bonds. The lowest BCUT2D eigenvalue weighted by molar-refractivity contribution is -0.127. The van der Waals surface area contributed by atoms with E-state index in [0.29, 0.717) is 30.0 Å². The molecular weight excluding hydrogens is 272 g/mol. The van der Waals surface area contributed by atoms with Gasteiger partial charge >= 0.3 is 0 Å². The van der Waals surface area contributed by atoms with Crippen molar-refractivity contribution >= 4 is 11.8 Å². The van der Waals surface area contributed by atoms with Gasteiger partial charge in [-0.3, -0.25) is 9.59 Å². The normalized spacial score (nSPS) is 18.0. The Kier molecular flexibility index (Phi) is 3.68. The van der Waals surface area contributed by atoms with Crippen molar-refractivity contribution in [2.75, 3.05) is 19.9 Å². The summed E-state index contributed by atoms with van der Waals surface area (Å²) in [5, 5.41) is 2.91. The zero-order valence-electron chi connectivity index (χ0n) is 11.9. The second-order valence-corrected chi connectivity index (χ2v) is 5.39. The van der Waals surface area contributed by atoms with E-state index in [2.05, 4.69) is 5.32 Å². The van der Waals surface area contributed by atoms with Gasteiger partial charge in [0.15, 0.2) is 11.5 Å². The van der Waals surface area contributed by atoms with Crippen molar-refractivity contribution in [3.63, 3.8) is 0 Å². The minimum atomic E-state index is -0.174. The van der Waals surface area contributed by atoms with Crippen LogP contribution < -0.4 is 14.8 Å². The summed E-state index contributed by atoms with van der Waals surface area (Å²) < 4.78 is 10.5. The molecule has 21 heavy (non-hydrogen) atoms. The lowest BCUT2D eigenvalue weighted by atomic mass is 10.1. The quantitative estimate of drug-likeness (QED) is 0.903. The van der Waals surface area contributed by atoms with Gasteiger partial charge in [-0.2, -0.15) is 0 Å². The predicted molar refractivity (Wildman–Crippen MR) is 75.3 cm³/mol. The van der Waals surface area contributed by atoms with Gasteiger partial charge in [0.2, 0.25) is 12.7 Å². The molecule has 1 unspecified atom stereocenters. The second kappa shape index (κ2) is 5.63. The fraction of sp³-hybridized carbons (Fsp3) is 0.467. The summed E-state index contributed by atoms with van der Waals surface area (Å²) in [5.41, 5.74) is 0.527. The Balaban J connectivity index is 1.59. The van der Waals surface area contributed by atoms with E-state index in [4.69, 9.17) is 9.47 Å². The molecule has 0 spiro atoms. The molecule has 6 heteroatoms. The van der Waals surface area contributed by atoms with Crippen molar-refractivity contribution in [1.29, 1.82) is 0 Å². The molecular formula is C15H18N2O4. The van der Waals surface area contributed by atoms with Crippen molar-refractivity contribution in [2.45, 2.75) is 25.8 Å². The van der Waals surface area contributed by atoms with Gasteiger partial charge in [0.1, 0.15) is 0 Å². The average molecular weight is 290 g/mol. The van der Waals surface area contributed by atoms with Gasteiger partial charge in [0.05, 0.1) is 0 Å². The molecule has 6 nitrogen and oxygen atoms in total. The Morgan fingerprint density at radius 2 is 2.19 bits per heavy atom. The van der Waals surface area contributed by atoms with Crippen LogP contribution in [-0.2, 0) is 4.79 Å². The molecule has 2 aliphatic heterocycles. The molecule has 0 saturated carbocycles. The first-order valence-electron chi connectivity index (χ1n) is 7.12. The number of carbonyl (C=O) groups excluding carboxylic acids is 2. The van der Waals surface area contributed by atoms with Crippen LogP contribution in [0.25, 0.3) is 0 Å². The molecule has 3 rings (SSSR count). The van der Waals surface area contributed by atoms with E-state index in [1.807, 2.05) is 6.92 Å². The molecule has 1 aromatic rings. The number of rotatable bonds is 4. The van der Waals surface area contributed by atoms with E-state index < -0.39 is 0 Å². The minimum absolute atomic E-state index is 0.0926. The molecule has 0 aliphatic carbocycles. The van der Waals surface area contributed by atoms with E-state index in [0.717, 1.165) is 13.0 Å². The van der Waals surface area contributed by atoms with Crippen LogP contribution in [0.2, 0.25) is 0 Å². The fourth-order valence-corrected chi connectivity index (χ4v) is 2.62. The van der Waals surface area contributed by atoms with Gasteiger partial charge in [-0.05, 0) is 31.5 Å². The summed E-state index contributed by atoms with van der Waals surface area (Å²) in [6.45, 7) is 3.42. The summed E-state index contributed by atoms with van der Waals surface area (Å²) in [4.78, 5) is 25.6. The Morgan fingerprint density at radius 3 is 2.95 bits per heavy atom. The highest BCUT2D eigenvalue weighted by molar-refractivity contribution is 5.95. The topological polar surface area (TPSA) is 67.9 Å². The van der Waals surface area contributed by atoms with Gasteiger partial charge in [-0.1, -0.05) is 0 Å². The molecule has 2 heterocycles. The van der Waals surface area contributed by atoms with Crippen LogP contribution >= 0.6 is 0 Å². The molecule has 1 saturated heterocycles. The summed E-state index contributed by atoms with van der Waals surface area (Å²) in [7, 11) is 0. The Hall–Kier alpha value is -2.24. The highest BCUT2D eigenvalue weighted by Crippen LogP contribution is 2.32. The van der Waals surface area contributed by atoms with Crippen LogP contribution in [0.1, 0.15) is 30.1 Å². The summed E-state index contributed by atoms with van der Waals surface area (Å²) >= 11 is 0. The van der Waals surface area contributed by atoms with Gasteiger partial charge < -0.3 is 19.7 Å². The zero-order valence-corrected chi connectivity index (χ0v) is 11.9. The standard InChI is InChI=1S/C15H18N2O4/c1-10(8-17-6-2-3-14(17)18)16-15(19)11-4-5-12-13(7-11)21-9-20-12/h4-5,7,10H,2-3,6,8-9H2,1H3,(H,16,19). The third-order valence-corrected chi connectivity index (χ3v) is 3.68. The average Bonchev–Trinajstić information content (AvgIpc) is 3.07. The summed E-state index contributed by atoms with van der Waals surface area (Å²) in [6.07, 6.45) is 1.52. The van der Waals surface area contributed by atoms with Crippen molar-refractivity contribution < 1.29 is 19.1 Å². The lowest BCUT2D eigenvalue weighted by Gasteiger charge is -2.21. The van der Waals surface area contributed by atoms with Gasteiger partial charge in [-0.25, -0.2) is 0 Å². The number of carbonyl (C=O) groups is 2. The summed E-state index contributed by atoms with van der Waals surface area (Å²) in [6, 6.07) is 5.01. The first kappa shape index (κ1) is 13.7. The maximum atomic E-state index is 12.2. The van der Waals surface area contributed by atoms with E-state index >= 15 is 0 Å². The van der Waals surface area contributed by atoms with Gasteiger partial charge in [-0.15, -0.1) is 0 Å². The predicted octanol–water partition coefficient (Wildman–Crippen LogP) is 1.16. The summed E-state index contributed by atoms with van der Waals surface area (Å²) in [5.74, 6) is 1.24. The Bertz CT molecular complexity index is 573. The molecule has 1 aromatic carbocycles. The number of fused-ring (bicyclic) bond motifs is 1. The monoisotopic (exact) mass is 290 g/mol. The first-order valence-corrected chi connectivity index (χ1v) is 7.12. The molecule has 1 N–H and O–H groups in total. The zero-order chi connectivity index (χ0) is 14.8. The highest BCUT2D eigenvalue weighted by Gasteiger charge is 2.23. The van der Waals surface area contributed by atoms with E-state index in [1.165, 1.54) is 0 Å². The number of hydrogen-bond donors (Lipinski definition) is 1. The van der Waals surface area contributed by atoms with Crippen LogP contribution in [0.15, 0.2) is 18.2 Å². The SMILES string of the molecule is CC(CN1CCCC1=O)NC(=O)c1ccc2c(c1)OCO2. The number of nitrogens with zero attached hydrogens (tertiary/aromatic N) is 1. The second-order valence-electron chi connectivity index (χ2n) is 5.39. The number of benzene rings is 1. The third kappa shape index (κ3) is 2.94. The molecule has 1 atom stereocenters. The number of likely N-dealkylation sites (tertiary alicyclic amines) is 1. The van der Waals surface area contributed by atoms with Crippen LogP contribution in [0.3, 0.4) is 0 Å². The van der Waals surface area contributed by atoms with Crippen LogP contribution in [0, 0.1) is 0 Å². The van der Waals surface area contributed by atoms with Crippen LogP contribution in [0.5, 0.6) is 11.5 Å². The molecule has 1 fully saturated rings. The number of ether oxygens (including phenoxy) is 2. The van der Waals surface area contributed by atoms with E-state index in [1.54, 1.807) is 23.1 Å². The maximum Gasteiger partial charge on any atom is 0.251 e. The smallest absolute Gasteiger partial charge is 0.251 e. The van der Waals surface area contributed by atoms with Gasteiger partial charge in [0.25, 0.3) is 5.91 Å². The van der Waals surface area contributed by atoms with Crippen LogP contribution in [-0.4, -0.2) is 42.6 Å². The minimum Gasteiger partial charge on any atom is -0.454 e. The highest BCUT2D eigenvalue weighted by atomic mass is 16.7. The van der Waals surface area contributed by atoms with E-state index in [9.17, 15) is 9.59 Å². The van der Waals surface area contributed by atoms with Gasteiger partial charge in [0, 0.05) is 31.1 Å². The van der Waals surface area contributed by atoms with Crippen molar-refractivity contribution in [1.82, 2.24) is 10.2 Å². The molecule has 0 radical (unpaired) electrons. The first-order chi connectivity index (χ1) is 10.1. The number of amides is 2. The number of nitrogens with one attached hydrogen (secondary N) is 1. The Labute approximate surface area is 123 Å². The van der Waals surface area contributed by atoms with Crippen molar-refractivity contribution in [2.24, 2.45) is 0 Å². The number of hydrogen-bond acceptors (Lipinski definition) is 4. The van der Waals surface area contributed by atoms with Crippen molar-refractivity contribution in [3.05, 3.63) is 23.8 Å². The lowest BCUT2D eigenvalue weighted by Crippen LogP contribution is -2.42. The van der Waals surface area contributed by atoms with Crippen molar-refractivity contribution in [3.8, 4) is 11.5 Å². The largest absolute Gasteiger partial charge is 0.454 e. The fourth-order valence-electron chi connectivity index (χ4n) is 2.62. The third-order valence-electron chi connectivity index (χ3n) is 3.68. The molecule has 2 aliphatic rings.